The SMILES string of the molecule is COC[C@H](C)Nc1ncc2c(C3=CCNCC3)cc([C@H]3CC[C@H](O)CC3)n2n1. The Morgan fingerprint density at radius 3 is 2.89 bits per heavy atom. The van der Waals surface area contributed by atoms with E-state index in [0.29, 0.717) is 18.5 Å². The first-order chi connectivity index (χ1) is 13.7. The first-order valence-corrected chi connectivity index (χ1v) is 10.4. The van der Waals surface area contributed by atoms with Crippen molar-refractivity contribution in [1.29, 1.82) is 0 Å². The molecular weight excluding hydrogens is 354 g/mol. The Balaban J connectivity index is 1.72. The standard InChI is InChI=1S/C21H31N5O2/c1-14(13-28-2)24-21-23-12-20-18(15-7-9-22-10-8-15)11-19(26(20)25-21)16-3-5-17(27)6-4-16/h7,11-12,14,16-17,22,27H,3-6,8-10,13H2,1-2H3,(H,24,25)/t14-,16-,17-/m0/s1. The Hall–Kier alpha value is -1.96. The molecule has 2 aromatic rings. The quantitative estimate of drug-likeness (QED) is 0.709. The van der Waals surface area contributed by atoms with Crippen molar-refractivity contribution in [2.45, 2.75) is 57.1 Å². The van der Waals surface area contributed by atoms with Crippen LogP contribution in [0.2, 0.25) is 0 Å². The number of nitrogens with one attached hydrogen (secondary N) is 2. The maximum atomic E-state index is 9.92. The van der Waals surface area contributed by atoms with Crippen LogP contribution in [0.3, 0.4) is 0 Å². The van der Waals surface area contributed by atoms with Gasteiger partial charge in [-0.25, -0.2) is 9.50 Å². The van der Waals surface area contributed by atoms with Gasteiger partial charge < -0.3 is 20.5 Å². The van der Waals surface area contributed by atoms with E-state index in [-0.39, 0.29) is 12.1 Å². The van der Waals surface area contributed by atoms with E-state index in [1.54, 1.807) is 7.11 Å². The molecule has 0 aromatic carbocycles. The van der Waals surface area contributed by atoms with Gasteiger partial charge in [-0.05, 0) is 57.2 Å². The molecule has 3 N–H and O–H groups in total. The lowest BCUT2D eigenvalue weighted by Crippen LogP contribution is -2.23. The van der Waals surface area contributed by atoms with Crippen LogP contribution in [0.4, 0.5) is 5.95 Å². The highest BCUT2D eigenvalue weighted by Crippen LogP contribution is 2.37. The van der Waals surface area contributed by atoms with Crippen LogP contribution < -0.4 is 10.6 Å². The number of nitrogens with zero attached hydrogens (tertiary/aromatic N) is 3. The van der Waals surface area contributed by atoms with E-state index in [9.17, 15) is 5.11 Å². The van der Waals surface area contributed by atoms with Crippen molar-refractivity contribution in [3.8, 4) is 0 Å². The first kappa shape index (κ1) is 19.4. The van der Waals surface area contributed by atoms with E-state index in [2.05, 4.69) is 39.2 Å². The normalized spacial score (nSPS) is 24.2. The molecule has 7 nitrogen and oxygen atoms in total. The number of aliphatic hydroxyl groups excluding tert-OH is 1. The lowest BCUT2D eigenvalue weighted by molar-refractivity contribution is 0.121. The van der Waals surface area contributed by atoms with Crippen LogP contribution in [-0.2, 0) is 4.74 Å². The van der Waals surface area contributed by atoms with Crippen molar-refractivity contribution in [3.05, 3.63) is 29.6 Å². The maximum absolute atomic E-state index is 9.92. The fourth-order valence-electron chi connectivity index (χ4n) is 4.38. The number of rotatable bonds is 6. The Kier molecular flexibility index (Phi) is 5.94. The molecule has 0 bridgehead atoms. The van der Waals surface area contributed by atoms with E-state index >= 15 is 0 Å². The summed E-state index contributed by atoms with van der Waals surface area (Å²) in [4.78, 5) is 4.57. The minimum absolute atomic E-state index is 0.137. The van der Waals surface area contributed by atoms with E-state index in [0.717, 1.165) is 50.7 Å². The Bertz CT molecular complexity index is 839. The van der Waals surface area contributed by atoms with Crippen LogP contribution in [0.5, 0.6) is 0 Å². The van der Waals surface area contributed by atoms with Crippen LogP contribution in [-0.4, -0.2) is 58.7 Å². The molecule has 1 aliphatic carbocycles. The van der Waals surface area contributed by atoms with E-state index in [1.165, 1.54) is 16.8 Å². The summed E-state index contributed by atoms with van der Waals surface area (Å²) in [5.41, 5.74) is 4.93. The monoisotopic (exact) mass is 385 g/mol. The summed E-state index contributed by atoms with van der Waals surface area (Å²) in [5, 5.41) is 21.5. The topological polar surface area (TPSA) is 83.7 Å². The molecular formula is C21H31N5O2. The van der Waals surface area contributed by atoms with Gasteiger partial charge in [0, 0.05) is 36.9 Å². The van der Waals surface area contributed by atoms with Crippen molar-refractivity contribution in [1.82, 2.24) is 19.9 Å². The van der Waals surface area contributed by atoms with Gasteiger partial charge in [-0.15, -0.1) is 5.10 Å². The highest BCUT2D eigenvalue weighted by Gasteiger charge is 2.26. The van der Waals surface area contributed by atoms with Crippen molar-refractivity contribution >= 4 is 17.0 Å². The summed E-state index contributed by atoms with van der Waals surface area (Å²) in [7, 11) is 1.70. The minimum atomic E-state index is -0.157. The smallest absolute Gasteiger partial charge is 0.241 e. The zero-order chi connectivity index (χ0) is 19.5. The van der Waals surface area contributed by atoms with Gasteiger partial charge in [0.15, 0.2) is 0 Å². The predicted octanol–water partition coefficient (Wildman–Crippen LogP) is 2.57. The van der Waals surface area contributed by atoms with Gasteiger partial charge >= 0.3 is 0 Å². The van der Waals surface area contributed by atoms with Gasteiger partial charge in [0.1, 0.15) is 0 Å². The molecule has 0 spiro atoms. The zero-order valence-corrected chi connectivity index (χ0v) is 16.8. The molecule has 3 heterocycles. The van der Waals surface area contributed by atoms with Crippen LogP contribution in [0.25, 0.3) is 11.1 Å². The maximum Gasteiger partial charge on any atom is 0.241 e. The average Bonchev–Trinajstić information content (AvgIpc) is 3.08. The molecule has 1 saturated carbocycles. The van der Waals surface area contributed by atoms with Crippen LogP contribution in [0.15, 0.2) is 18.3 Å². The highest BCUT2D eigenvalue weighted by molar-refractivity contribution is 5.80. The van der Waals surface area contributed by atoms with Crippen molar-refractivity contribution in [2.24, 2.45) is 0 Å². The zero-order valence-electron chi connectivity index (χ0n) is 16.8. The molecule has 0 saturated heterocycles. The van der Waals surface area contributed by atoms with Crippen molar-refractivity contribution in [2.75, 3.05) is 32.1 Å². The lowest BCUT2D eigenvalue weighted by Gasteiger charge is -2.25. The second-order valence-electron chi connectivity index (χ2n) is 8.05. The van der Waals surface area contributed by atoms with Crippen molar-refractivity contribution in [3.63, 3.8) is 0 Å². The number of ether oxygens (including phenoxy) is 1. The highest BCUT2D eigenvalue weighted by atomic mass is 16.5. The molecule has 4 rings (SSSR count). The van der Waals surface area contributed by atoms with Gasteiger partial charge in [0.05, 0.1) is 24.4 Å². The third-order valence-corrected chi connectivity index (χ3v) is 5.86. The first-order valence-electron chi connectivity index (χ1n) is 10.4. The van der Waals surface area contributed by atoms with Gasteiger partial charge in [-0.1, -0.05) is 6.08 Å². The van der Waals surface area contributed by atoms with E-state index < -0.39 is 0 Å². The number of methoxy groups -OCH3 is 1. The molecule has 0 unspecified atom stereocenters. The van der Waals surface area contributed by atoms with Crippen LogP contribution >= 0.6 is 0 Å². The third kappa shape index (κ3) is 4.06. The molecule has 1 atom stereocenters. The molecule has 1 fully saturated rings. The summed E-state index contributed by atoms with van der Waals surface area (Å²) in [6, 6.07) is 2.45. The molecule has 0 radical (unpaired) electrons. The molecule has 0 amide bonds. The van der Waals surface area contributed by atoms with E-state index in [4.69, 9.17) is 9.84 Å². The molecule has 28 heavy (non-hydrogen) atoms. The molecule has 7 heteroatoms. The Morgan fingerprint density at radius 1 is 1.36 bits per heavy atom. The summed E-state index contributed by atoms with van der Waals surface area (Å²) in [6.45, 7) is 4.57. The second kappa shape index (κ2) is 8.59. The number of anilines is 1. The fourth-order valence-corrected chi connectivity index (χ4v) is 4.38. The molecule has 152 valence electrons. The lowest BCUT2D eigenvalue weighted by atomic mass is 9.85. The predicted molar refractivity (Wildman–Crippen MR) is 111 cm³/mol. The average molecular weight is 386 g/mol. The van der Waals surface area contributed by atoms with E-state index in [1.807, 2.05) is 6.20 Å². The van der Waals surface area contributed by atoms with Crippen molar-refractivity contribution < 1.29 is 9.84 Å². The molecule has 1 aliphatic heterocycles. The Labute approximate surface area is 166 Å². The minimum Gasteiger partial charge on any atom is -0.393 e. The molecule has 2 aliphatic rings. The largest absolute Gasteiger partial charge is 0.393 e. The number of hydrogen-bond acceptors (Lipinski definition) is 6. The number of aromatic nitrogens is 3. The fraction of sp³-hybridized carbons (Fsp3) is 0.619. The summed E-state index contributed by atoms with van der Waals surface area (Å²) >= 11 is 0. The number of hydrogen-bond donors (Lipinski definition) is 3. The Morgan fingerprint density at radius 2 is 2.18 bits per heavy atom. The summed E-state index contributed by atoms with van der Waals surface area (Å²) in [6.07, 6.45) is 8.81. The van der Waals surface area contributed by atoms with Gasteiger partial charge in [0.2, 0.25) is 5.95 Å². The number of fused-ring (bicyclic) bond motifs is 1. The molecule has 2 aromatic heterocycles. The van der Waals surface area contributed by atoms with Gasteiger partial charge in [0.25, 0.3) is 0 Å². The number of aliphatic hydroxyl groups is 1. The van der Waals surface area contributed by atoms with Gasteiger partial charge in [-0.2, -0.15) is 0 Å². The van der Waals surface area contributed by atoms with Gasteiger partial charge in [-0.3, -0.25) is 0 Å². The second-order valence-corrected chi connectivity index (χ2v) is 8.05. The van der Waals surface area contributed by atoms with Crippen LogP contribution in [0.1, 0.15) is 56.2 Å². The third-order valence-electron chi connectivity index (χ3n) is 5.86. The summed E-state index contributed by atoms with van der Waals surface area (Å²) < 4.78 is 7.29. The summed E-state index contributed by atoms with van der Waals surface area (Å²) in [5.74, 6) is 1.04. The van der Waals surface area contributed by atoms with Crippen LogP contribution in [0, 0.1) is 0 Å².